The normalized spacial score (nSPS) is 13.2. The molecule has 8 heteroatoms. The van der Waals surface area contributed by atoms with Crippen LogP contribution in [0.2, 0.25) is 5.02 Å². The summed E-state index contributed by atoms with van der Waals surface area (Å²) >= 11 is 5.92. The Bertz CT molecular complexity index is 1020. The summed E-state index contributed by atoms with van der Waals surface area (Å²) in [6.45, 7) is 0.248. The van der Waals surface area contributed by atoms with Gasteiger partial charge >= 0.3 is 0 Å². The first-order chi connectivity index (χ1) is 14.1. The fourth-order valence-electron chi connectivity index (χ4n) is 3.06. The number of hydrogen-bond acceptors (Lipinski definition) is 6. The van der Waals surface area contributed by atoms with Gasteiger partial charge in [-0.3, -0.25) is 4.79 Å². The molecule has 3 aromatic rings. The van der Waals surface area contributed by atoms with E-state index >= 15 is 0 Å². The molecule has 1 aliphatic carbocycles. The number of rotatable bonds is 7. The number of methoxy groups -OCH3 is 2. The molecule has 7 nitrogen and oxygen atoms in total. The van der Waals surface area contributed by atoms with Crippen molar-refractivity contribution in [2.24, 2.45) is 0 Å². The molecule has 0 aliphatic heterocycles. The average molecular weight is 414 g/mol. The second-order valence-corrected chi connectivity index (χ2v) is 7.18. The molecule has 0 radical (unpaired) electrons. The van der Waals surface area contributed by atoms with Gasteiger partial charge in [-0.25, -0.2) is 0 Å². The molecule has 0 unspecified atom stereocenters. The number of benzene rings is 2. The first-order valence-electron chi connectivity index (χ1n) is 9.20. The number of halogens is 1. The average Bonchev–Trinajstić information content (AvgIpc) is 3.49. The molecule has 1 saturated carbocycles. The van der Waals surface area contributed by atoms with Crippen molar-refractivity contribution < 1.29 is 18.7 Å². The van der Waals surface area contributed by atoms with Crippen molar-refractivity contribution in [1.82, 2.24) is 15.1 Å². The van der Waals surface area contributed by atoms with Crippen LogP contribution in [0.15, 0.2) is 46.9 Å². The maximum Gasteiger partial charge on any atom is 0.254 e. The smallest absolute Gasteiger partial charge is 0.254 e. The van der Waals surface area contributed by atoms with Crippen molar-refractivity contribution in [3.8, 4) is 23.0 Å². The van der Waals surface area contributed by atoms with Gasteiger partial charge in [0.25, 0.3) is 5.91 Å². The SMILES string of the molecule is COc1ccc(C(=O)N(Cc2nnc(-c3ccc(Cl)cc3)o2)C2CC2)cc1OC. The second-order valence-electron chi connectivity index (χ2n) is 6.74. The molecular weight excluding hydrogens is 394 g/mol. The molecule has 0 N–H and O–H groups in total. The third kappa shape index (κ3) is 4.19. The number of aromatic nitrogens is 2. The summed E-state index contributed by atoms with van der Waals surface area (Å²) in [5.74, 6) is 1.75. The molecule has 1 aromatic heterocycles. The number of hydrogen-bond donors (Lipinski definition) is 0. The van der Waals surface area contributed by atoms with E-state index in [2.05, 4.69) is 10.2 Å². The van der Waals surface area contributed by atoms with Crippen LogP contribution in [-0.4, -0.2) is 41.3 Å². The Balaban J connectivity index is 1.54. The monoisotopic (exact) mass is 413 g/mol. The number of carbonyl (C=O) groups excluding carboxylic acids is 1. The van der Waals surface area contributed by atoms with E-state index in [1.165, 1.54) is 0 Å². The molecule has 150 valence electrons. The lowest BCUT2D eigenvalue weighted by molar-refractivity contribution is 0.0714. The van der Waals surface area contributed by atoms with Crippen LogP contribution >= 0.6 is 11.6 Å². The van der Waals surface area contributed by atoms with Crippen LogP contribution in [0, 0.1) is 0 Å². The summed E-state index contributed by atoms with van der Waals surface area (Å²) in [6.07, 6.45) is 1.91. The zero-order chi connectivity index (χ0) is 20.4. The topological polar surface area (TPSA) is 77.7 Å². The molecule has 0 spiro atoms. The third-order valence-corrected chi connectivity index (χ3v) is 4.99. The van der Waals surface area contributed by atoms with Gasteiger partial charge in [0, 0.05) is 22.2 Å². The van der Waals surface area contributed by atoms with Crippen LogP contribution in [0.1, 0.15) is 29.1 Å². The van der Waals surface area contributed by atoms with Gasteiger partial charge in [-0.1, -0.05) is 11.6 Å². The standard InChI is InChI=1S/C21H20ClN3O4/c1-27-17-10-5-14(11-18(17)28-2)21(26)25(16-8-9-16)12-19-23-24-20(29-19)13-3-6-15(22)7-4-13/h3-7,10-11,16H,8-9,12H2,1-2H3. The van der Waals surface area contributed by atoms with Gasteiger partial charge in [0.05, 0.1) is 20.8 Å². The van der Waals surface area contributed by atoms with Crippen molar-refractivity contribution in [2.75, 3.05) is 14.2 Å². The van der Waals surface area contributed by atoms with Crippen LogP contribution < -0.4 is 9.47 Å². The van der Waals surface area contributed by atoms with Crippen molar-refractivity contribution >= 4 is 17.5 Å². The van der Waals surface area contributed by atoms with Crippen molar-refractivity contribution in [2.45, 2.75) is 25.4 Å². The predicted molar refractivity (Wildman–Crippen MR) is 107 cm³/mol. The Morgan fingerprint density at radius 1 is 1.10 bits per heavy atom. The lowest BCUT2D eigenvalue weighted by Gasteiger charge is -2.21. The minimum Gasteiger partial charge on any atom is -0.493 e. The van der Waals surface area contributed by atoms with E-state index in [0.29, 0.717) is 33.9 Å². The molecule has 0 saturated heterocycles. The number of amides is 1. The van der Waals surface area contributed by atoms with Gasteiger partial charge in [0.15, 0.2) is 11.5 Å². The van der Waals surface area contributed by atoms with Gasteiger partial charge in [-0.05, 0) is 55.3 Å². The highest BCUT2D eigenvalue weighted by Gasteiger charge is 2.34. The van der Waals surface area contributed by atoms with Crippen LogP contribution in [-0.2, 0) is 6.54 Å². The molecule has 0 atom stereocenters. The fourth-order valence-corrected chi connectivity index (χ4v) is 3.19. The van der Waals surface area contributed by atoms with Crippen molar-refractivity contribution in [3.63, 3.8) is 0 Å². The van der Waals surface area contributed by atoms with E-state index in [-0.39, 0.29) is 18.5 Å². The predicted octanol–water partition coefficient (Wildman–Crippen LogP) is 4.21. The van der Waals surface area contributed by atoms with Gasteiger partial charge in [0.2, 0.25) is 11.8 Å². The largest absolute Gasteiger partial charge is 0.493 e. The molecular formula is C21H20ClN3O4. The maximum absolute atomic E-state index is 13.1. The van der Waals surface area contributed by atoms with E-state index in [9.17, 15) is 4.79 Å². The zero-order valence-electron chi connectivity index (χ0n) is 16.1. The molecule has 2 aromatic carbocycles. The summed E-state index contributed by atoms with van der Waals surface area (Å²) in [6, 6.07) is 12.5. The van der Waals surface area contributed by atoms with E-state index in [0.717, 1.165) is 18.4 Å². The Morgan fingerprint density at radius 3 is 2.48 bits per heavy atom. The highest BCUT2D eigenvalue weighted by molar-refractivity contribution is 6.30. The fraction of sp³-hybridized carbons (Fsp3) is 0.286. The van der Waals surface area contributed by atoms with Gasteiger partial charge in [-0.2, -0.15) is 0 Å². The summed E-state index contributed by atoms with van der Waals surface area (Å²) in [4.78, 5) is 14.9. The Kier molecular flexibility index (Phi) is 5.40. The van der Waals surface area contributed by atoms with Gasteiger partial charge in [0.1, 0.15) is 0 Å². The lowest BCUT2D eigenvalue weighted by Crippen LogP contribution is -2.32. The number of ether oxygens (including phenoxy) is 2. The molecule has 0 bridgehead atoms. The van der Waals surface area contributed by atoms with E-state index in [4.69, 9.17) is 25.5 Å². The first kappa shape index (κ1) is 19.3. The molecule has 1 heterocycles. The summed E-state index contributed by atoms with van der Waals surface area (Å²) in [5, 5.41) is 8.84. The molecule has 4 rings (SSSR count). The third-order valence-electron chi connectivity index (χ3n) is 4.74. The van der Waals surface area contributed by atoms with Gasteiger partial charge in [-0.15, -0.1) is 10.2 Å². The van der Waals surface area contributed by atoms with Crippen LogP contribution in [0.4, 0.5) is 0 Å². The molecule has 1 amide bonds. The Labute approximate surface area is 173 Å². The van der Waals surface area contributed by atoms with E-state index in [1.807, 2.05) is 12.1 Å². The lowest BCUT2D eigenvalue weighted by atomic mass is 10.1. The van der Waals surface area contributed by atoms with Crippen molar-refractivity contribution in [3.05, 3.63) is 58.9 Å². The minimum atomic E-state index is -0.111. The quantitative estimate of drug-likeness (QED) is 0.577. The molecule has 29 heavy (non-hydrogen) atoms. The minimum absolute atomic E-state index is 0.111. The number of carbonyl (C=O) groups is 1. The molecule has 1 aliphatic rings. The highest BCUT2D eigenvalue weighted by atomic mass is 35.5. The Hall–Kier alpha value is -3.06. The summed E-state index contributed by atoms with van der Waals surface area (Å²) < 4.78 is 16.3. The summed E-state index contributed by atoms with van der Waals surface area (Å²) in [5.41, 5.74) is 1.30. The van der Waals surface area contributed by atoms with Crippen LogP contribution in [0.3, 0.4) is 0 Å². The van der Waals surface area contributed by atoms with Crippen molar-refractivity contribution in [1.29, 1.82) is 0 Å². The van der Waals surface area contributed by atoms with Crippen LogP contribution in [0.25, 0.3) is 11.5 Å². The first-order valence-corrected chi connectivity index (χ1v) is 9.58. The molecule has 1 fully saturated rings. The Morgan fingerprint density at radius 2 is 1.83 bits per heavy atom. The maximum atomic E-state index is 13.1. The summed E-state index contributed by atoms with van der Waals surface area (Å²) in [7, 11) is 3.10. The zero-order valence-corrected chi connectivity index (χ0v) is 16.8. The number of nitrogens with zero attached hydrogens (tertiary/aromatic N) is 3. The highest BCUT2D eigenvalue weighted by Crippen LogP contribution is 2.33. The van der Waals surface area contributed by atoms with Gasteiger partial charge < -0.3 is 18.8 Å². The second kappa shape index (κ2) is 8.13. The van der Waals surface area contributed by atoms with E-state index in [1.54, 1.807) is 49.5 Å². The van der Waals surface area contributed by atoms with Crippen LogP contribution in [0.5, 0.6) is 11.5 Å². The van der Waals surface area contributed by atoms with E-state index < -0.39 is 0 Å².